The van der Waals surface area contributed by atoms with Crippen molar-refractivity contribution in [3.8, 4) is 11.5 Å². The molecule has 0 saturated carbocycles. The highest BCUT2D eigenvalue weighted by Gasteiger charge is 2.21. The maximum absolute atomic E-state index is 13.1. The van der Waals surface area contributed by atoms with Crippen molar-refractivity contribution in [1.82, 2.24) is 0 Å². The Kier molecular flexibility index (Phi) is 9.76. The predicted molar refractivity (Wildman–Crippen MR) is 197 cm³/mol. The van der Waals surface area contributed by atoms with E-state index in [1.807, 2.05) is 0 Å². The highest BCUT2D eigenvalue weighted by molar-refractivity contribution is 7.86. The van der Waals surface area contributed by atoms with Crippen LogP contribution in [0.1, 0.15) is 20.7 Å². The fourth-order valence-corrected chi connectivity index (χ4v) is 6.91. The van der Waals surface area contributed by atoms with Crippen molar-refractivity contribution in [2.24, 2.45) is 0 Å². The number of nitrogens with one attached hydrogen (secondary N) is 4. The largest absolute Gasteiger partial charge is 0.508 e. The van der Waals surface area contributed by atoms with Gasteiger partial charge in [0.05, 0.1) is 0 Å². The zero-order chi connectivity index (χ0) is 38.9. The molecule has 0 saturated heterocycles. The molecule has 0 aliphatic rings. The third-order valence-electron chi connectivity index (χ3n) is 7.84. The monoisotopic (exact) mass is 770 g/mol. The molecule has 274 valence electrons. The molecule has 6 aromatic carbocycles. The summed E-state index contributed by atoms with van der Waals surface area (Å²) in [6.07, 6.45) is 0. The molecule has 0 radical (unpaired) electrons. The Morgan fingerprint density at radius 1 is 0.444 bits per heavy atom. The molecule has 0 heterocycles. The van der Waals surface area contributed by atoms with Gasteiger partial charge in [0.1, 0.15) is 21.3 Å². The van der Waals surface area contributed by atoms with Gasteiger partial charge in [-0.1, -0.05) is 24.3 Å². The summed E-state index contributed by atoms with van der Waals surface area (Å²) in [5.74, 6) is -4.23. The van der Waals surface area contributed by atoms with Crippen LogP contribution in [0.25, 0.3) is 21.5 Å². The van der Waals surface area contributed by atoms with Crippen LogP contribution in [0.3, 0.4) is 0 Å². The van der Waals surface area contributed by atoms with Crippen LogP contribution in [0.4, 0.5) is 22.7 Å². The van der Waals surface area contributed by atoms with Gasteiger partial charge in [0, 0.05) is 44.6 Å². The lowest BCUT2D eigenvalue weighted by Crippen LogP contribution is -2.29. The zero-order valence-electron chi connectivity index (χ0n) is 27.3. The SMILES string of the molecule is O=C(Nc1cccc(C(=O)Nc2cc(S(=O)(=O)O)c3cc(O)ccc3c2)c1)C(=O)Nc1cccc(C(=O)Nc2cc(S(=O)(=O)O)c3cc(O)ccc3c2)c1. The van der Waals surface area contributed by atoms with Gasteiger partial charge in [-0.25, -0.2) is 0 Å². The van der Waals surface area contributed by atoms with Crippen molar-refractivity contribution in [3.63, 3.8) is 0 Å². The third-order valence-corrected chi connectivity index (χ3v) is 9.63. The number of carbonyl (C=O) groups is 4. The van der Waals surface area contributed by atoms with Crippen LogP contribution in [0.2, 0.25) is 0 Å². The maximum atomic E-state index is 13.1. The average Bonchev–Trinajstić information content (AvgIpc) is 3.10. The van der Waals surface area contributed by atoms with E-state index in [9.17, 15) is 55.3 Å². The number of rotatable bonds is 8. The quantitative estimate of drug-likeness (QED) is 0.0753. The molecule has 0 aliphatic heterocycles. The fraction of sp³-hybridized carbons (Fsp3) is 0. The number of phenols is 2. The van der Waals surface area contributed by atoms with Crippen LogP contribution < -0.4 is 21.3 Å². The second kappa shape index (κ2) is 14.3. The van der Waals surface area contributed by atoms with E-state index in [0.29, 0.717) is 0 Å². The summed E-state index contributed by atoms with van der Waals surface area (Å²) in [7, 11) is -9.51. The van der Waals surface area contributed by atoms with Gasteiger partial charge in [0.15, 0.2) is 0 Å². The number of anilines is 4. The van der Waals surface area contributed by atoms with Gasteiger partial charge < -0.3 is 31.5 Å². The van der Waals surface area contributed by atoms with Gasteiger partial charge in [-0.05, 0) is 95.7 Å². The van der Waals surface area contributed by atoms with Crippen molar-refractivity contribution in [1.29, 1.82) is 0 Å². The van der Waals surface area contributed by atoms with E-state index in [0.717, 1.165) is 24.3 Å². The molecule has 0 unspecified atom stereocenters. The number of fused-ring (bicyclic) bond motifs is 2. The molecule has 0 atom stereocenters. The van der Waals surface area contributed by atoms with Crippen molar-refractivity contribution >= 4 is 88.2 Å². The van der Waals surface area contributed by atoms with Gasteiger partial charge in [-0.15, -0.1) is 0 Å². The van der Waals surface area contributed by atoms with E-state index in [1.54, 1.807) is 0 Å². The minimum absolute atomic E-state index is 0.000556. The van der Waals surface area contributed by atoms with Crippen LogP contribution in [0.15, 0.2) is 119 Å². The molecule has 0 spiro atoms. The number of benzene rings is 6. The number of aromatic hydroxyl groups is 2. The Morgan fingerprint density at radius 2 is 0.833 bits per heavy atom. The molecule has 6 aromatic rings. The van der Waals surface area contributed by atoms with E-state index < -0.39 is 53.7 Å². The lowest BCUT2D eigenvalue weighted by Gasteiger charge is -2.12. The molecular formula is C36H26N4O12S2. The summed E-state index contributed by atoms with van der Waals surface area (Å²) in [6.45, 7) is 0. The van der Waals surface area contributed by atoms with E-state index in [1.165, 1.54) is 84.9 Å². The lowest BCUT2D eigenvalue weighted by molar-refractivity contribution is -0.132. The highest BCUT2D eigenvalue weighted by atomic mass is 32.2. The Hall–Kier alpha value is -6.86. The first-order valence-corrected chi connectivity index (χ1v) is 18.3. The van der Waals surface area contributed by atoms with Crippen molar-refractivity contribution in [2.75, 3.05) is 21.3 Å². The molecule has 0 bridgehead atoms. The molecule has 4 amide bonds. The van der Waals surface area contributed by atoms with Crippen molar-refractivity contribution < 1.29 is 55.3 Å². The Labute approximate surface area is 305 Å². The molecule has 18 heteroatoms. The average molecular weight is 771 g/mol. The first-order chi connectivity index (χ1) is 25.4. The number of hydrogen-bond donors (Lipinski definition) is 8. The van der Waals surface area contributed by atoms with Gasteiger partial charge >= 0.3 is 11.8 Å². The normalized spacial score (nSPS) is 11.5. The van der Waals surface area contributed by atoms with Gasteiger partial charge in [-0.3, -0.25) is 28.3 Å². The summed E-state index contributed by atoms with van der Waals surface area (Å²) < 4.78 is 67.5. The molecule has 0 aliphatic carbocycles. The van der Waals surface area contributed by atoms with E-state index in [2.05, 4.69) is 21.3 Å². The van der Waals surface area contributed by atoms with E-state index >= 15 is 0 Å². The van der Waals surface area contributed by atoms with E-state index in [4.69, 9.17) is 0 Å². The van der Waals surface area contributed by atoms with Crippen LogP contribution in [0, 0.1) is 0 Å². The van der Waals surface area contributed by atoms with Gasteiger partial charge in [0.25, 0.3) is 32.1 Å². The van der Waals surface area contributed by atoms with Crippen LogP contribution >= 0.6 is 0 Å². The molecule has 6 rings (SSSR count). The zero-order valence-corrected chi connectivity index (χ0v) is 28.9. The number of amides is 4. The van der Waals surface area contributed by atoms with Crippen LogP contribution in [-0.4, -0.2) is 59.8 Å². The summed E-state index contributed by atoms with van der Waals surface area (Å²) >= 11 is 0. The summed E-state index contributed by atoms with van der Waals surface area (Å²) in [5.41, 5.74) is 0.0733. The number of hydrogen-bond acceptors (Lipinski definition) is 10. The first kappa shape index (κ1) is 36.9. The third kappa shape index (κ3) is 8.27. The molecule has 54 heavy (non-hydrogen) atoms. The maximum Gasteiger partial charge on any atom is 0.314 e. The smallest absolute Gasteiger partial charge is 0.314 e. The molecule has 0 aromatic heterocycles. The van der Waals surface area contributed by atoms with Crippen LogP contribution in [-0.2, 0) is 29.8 Å². The Morgan fingerprint density at radius 3 is 1.20 bits per heavy atom. The second-order valence-corrected chi connectivity index (χ2v) is 14.5. The highest BCUT2D eigenvalue weighted by Crippen LogP contribution is 2.32. The number of carbonyl (C=O) groups excluding carboxylic acids is 4. The predicted octanol–water partition coefficient (Wildman–Crippen LogP) is 4.98. The van der Waals surface area contributed by atoms with Gasteiger partial charge in [0.2, 0.25) is 0 Å². The Bertz CT molecular complexity index is 2600. The fourth-order valence-electron chi connectivity index (χ4n) is 5.45. The first-order valence-electron chi connectivity index (χ1n) is 15.4. The lowest BCUT2D eigenvalue weighted by atomic mass is 10.1. The molecular weight excluding hydrogens is 745 g/mol. The van der Waals surface area contributed by atoms with Gasteiger partial charge in [-0.2, -0.15) is 16.8 Å². The van der Waals surface area contributed by atoms with Crippen molar-refractivity contribution in [3.05, 3.63) is 120 Å². The minimum Gasteiger partial charge on any atom is -0.508 e. The molecule has 8 N–H and O–H groups in total. The topological polar surface area (TPSA) is 266 Å². The second-order valence-electron chi connectivity index (χ2n) is 11.7. The minimum atomic E-state index is -4.75. The summed E-state index contributed by atoms with van der Waals surface area (Å²) in [4.78, 5) is 50.6. The summed E-state index contributed by atoms with van der Waals surface area (Å²) in [5, 5.41) is 29.9. The number of phenolic OH excluding ortho intramolecular Hbond substituents is 2. The Balaban J connectivity index is 1.12. The van der Waals surface area contributed by atoms with E-state index in [-0.39, 0.29) is 66.9 Å². The standard InChI is InChI=1S/C36H26N4O12S2/c41-27-9-7-19-11-25(15-31(29(19)17-27)53(47,48)49)39-33(43)21-3-1-5-23(13-21)37-35(45)36(46)38-24-6-2-4-22(14-24)34(44)40-26-12-20-8-10-28(42)18-30(20)32(16-26)54(50,51)52/h1-18,41-42H,(H,37,45)(H,38,46)(H,39,43)(H,40,44)(H,47,48,49)(H,50,51,52). The van der Waals surface area contributed by atoms with Crippen LogP contribution in [0.5, 0.6) is 11.5 Å². The molecule has 0 fully saturated rings. The molecule has 16 nitrogen and oxygen atoms in total. The van der Waals surface area contributed by atoms with Crippen molar-refractivity contribution in [2.45, 2.75) is 9.79 Å². The summed E-state index contributed by atoms with van der Waals surface area (Å²) in [6, 6.07) is 23.4.